The molecule has 0 aliphatic heterocycles. The lowest BCUT2D eigenvalue weighted by Crippen LogP contribution is -2.17. The highest BCUT2D eigenvalue weighted by molar-refractivity contribution is 6.30. The summed E-state index contributed by atoms with van der Waals surface area (Å²) in [5, 5.41) is 12.0. The Hall–Kier alpha value is -2.67. The van der Waals surface area contributed by atoms with Crippen LogP contribution in [0.4, 0.5) is 0 Å². The zero-order valence-electron chi connectivity index (χ0n) is 12.8. The number of carbonyl (C=O) groups is 1. The van der Waals surface area contributed by atoms with E-state index in [1.807, 2.05) is 12.1 Å². The first kappa shape index (κ1) is 18.7. The van der Waals surface area contributed by atoms with Gasteiger partial charge < -0.3 is 5.48 Å². The van der Waals surface area contributed by atoms with Crippen molar-refractivity contribution in [1.82, 2.24) is 15.6 Å². The molecule has 0 aliphatic carbocycles. The Morgan fingerprint density at radius 3 is 2.28 bits per heavy atom. The van der Waals surface area contributed by atoms with Gasteiger partial charge in [0.15, 0.2) is 0 Å². The van der Waals surface area contributed by atoms with Crippen LogP contribution in [0, 0.1) is 0 Å². The number of benzene rings is 2. The molecule has 128 valence electrons. The third-order valence-corrected chi connectivity index (χ3v) is 3.72. The summed E-state index contributed by atoms with van der Waals surface area (Å²) in [5.41, 5.74) is 5.09. The van der Waals surface area contributed by atoms with Crippen molar-refractivity contribution in [2.24, 2.45) is 5.10 Å². The summed E-state index contributed by atoms with van der Waals surface area (Å²) in [5.74, 6) is -0.382. The average Bonchev–Trinajstić information content (AvgIpc) is 3.07. The molecule has 2 aromatic carbocycles. The summed E-state index contributed by atoms with van der Waals surface area (Å²) in [7, 11) is 0. The first-order chi connectivity index (χ1) is 11.6. The number of H-pyrrole nitrogens is 1. The van der Waals surface area contributed by atoms with Crippen molar-refractivity contribution in [3.05, 3.63) is 75.9 Å². The van der Waals surface area contributed by atoms with E-state index in [-0.39, 0.29) is 11.4 Å². The van der Waals surface area contributed by atoms with Gasteiger partial charge in [0.1, 0.15) is 5.69 Å². The third-order valence-electron chi connectivity index (χ3n) is 3.21. The largest absolute Gasteiger partial charge is 0.412 e. The van der Waals surface area contributed by atoms with E-state index >= 15 is 0 Å². The Balaban J connectivity index is 0.00000225. The number of amides is 1. The van der Waals surface area contributed by atoms with Crippen molar-refractivity contribution >= 4 is 35.3 Å². The number of hydrogen-bond donors (Lipinski definition) is 2. The monoisotopic (exact) mass is 376 g/mol. The molecule has 25 heavy (non-hydrogen) atoms. The molecule has 0 unspecified atom stereocenters. The summed E-state index contributed by atoms with van der Waals surface area (Å²) >= 11 is 11.7. The van der Waals surface area contributed by atoms with Gasteiger partial charge in [0.05, 0.1) is 11.9 Å². The fourth-order valence-corrected chi connectivity index (χ4v) is 2.23. The quantitative estimate of drug-likeness (QED) is 0.538. The molecule has 0 spiro atoms. The Morgan fingerprint density at radius 1 is 1.04 bits per heavy atom. The predicted molar refractivity (Wildman–Crippen MR) is 99.2 cm³/mol. The van der Waals surface area contributed by atoms with Crippen LogP contribution in [-0.2, 0) is 0 Å². The number of carbonyl (C=O) groups excluding carboxylic acids is 1. The van der Waals surface area contributed by atoms with E-state index in [0.29, 0.717) is 21.4 Å². The van der Waals surface area contributed by atoms with Gasteiger partial charge in [0.25, 0.3) is 5.91 Å². The van der Waals surface area contributed by atoms with Crippen LogP contribution >= 0.6 is 23.2 Å². The van der Waals surface area contributed by atoms with Crippen molar-refractivity contribution in [3.8, 4) is 11.3 Å². The molecule has 0 saturated heterocycles. The van der Waals surface area contributed by atoms with Gasteiger partial charge in [-0.15, -0.1) is 0 Å². The molecule has 4 N–H and O–H groups in total. The highest BCUT2D eigenvalue weighted by atomic mass is 35.5. The number of aromatic nitrogens is 2. The number of rotatable bonds is 4. The number of nitrogens with zero attached hydrogens (tertiary/aromatic N) is 2. The second-order valence-corrected chi connectivity index (χ2v) is 5.80. The Kier molecular flexibility index (Phi) is 6.30. The van der Waals surface area contributed by atoms with E-state index in [9.17, 15) is 4.79 Å². The third kappa shape index (κ3) is 4.90. The van der Waals surface area contributed by atoms with E-state index in [1.165, 1.54) is 6.21 Å². The summed E-state index contributed by atoms with van der Waals surface area (Å²) in [6.07, 6.45) is 1.53. The molecule has 1 heterocycles. The summed E-state index contributed by atoms with van der Waals surface area (Å²) in [6, 6.07) is 15.9. The maximum Gasteiger partial charge on any atom is 0.289 e. The molecule has 0 aliphatic rings. The number of hydrazone groups is 1. The van der Waals surface area contributed by atoms with Crippen molar-refractivity contribution in [2.75, 3.05) is 0 Å². The first-order valence-electron chi connectivity index (χ1n) is 7.02. The molecule has 6 nitrogen and oxygen atoms in total. The number of hydrogen-bond acceptors (Lipinski definition) is 3. The number of aromatic amines is 1. The van der Waals surface area contributed by atoms with Gasteiger partial charge in [-0.2, -0.15) is 10.2 Å². The Bertz CT molecular complexity index is 874. The van der Waals surface area contributed by atoms with E-state index in [4.69, 9.17) is 23.2 Å². The van der Waals surface area contributed by atoms with Crippen LogP contribution in [0.5, 0.6) is 0 Å². The van der Waals surface area contributed by atoms with Crippen LogP contribution in [0.3, 0.4) is 0 Å². The molecular formula is C17H14Cl2N4O2. The molecule has 8 heteroatoms. The predicted octanol–water partition coefficient (Wildman–Crippen LogP) is 3.32. The maximum atomic E-state index is 12.0. The zero-order chi connectivity index (χ0) is 16.9. The van der Waals surface area contributed by atoms with E-state index in [1.54, 1.807) is 42.5 Å². The Morgan fingerprint density at radius 2 is 1.64 bits per heavy atom. The van der Waals surface area contributed by atoms with Crippen molar-refractivity contribution in [1.29, 1.82) is 0 Å². The number of nitrogens with one attached hydrogen (secondary N) is 2. The smallest absolute Gasteiger partial charge is 0.289 e. The maximum absolute atomic E-state index is 12.0. The minimum absolute atomic E-state index is 0. The molecule has 1 aromatic heterocycles. The second-order valence-electron chi connectivity index (χ2n) is 4.92. The van der Waals surface area contributed by atoms with Gasteiger partial charge in [0.2, 0.25) is 0 Å². The van der Waals surface area contributed by atoms with Gasteiger partial charge >= 0.3 is 0 Å². The van der Waals surface area contributed by atoms with Gasteiger partial charge in [-0.25, -0.2) is 5.43 Å². The lowest BCUT2D eigenvalue weighted by molar-refractivity contribution is 0.0950. The van der Waals surface area contributed by atoms with Crippen LogP contribution < -0.4 is 5.43 Å². The summed E-state index contributed by atoms with van der Waals surface area (Å²) < 4.78 is 0. The fourth-order valence-electron chi connectivity index (χ4n) is 1.98. The van der Waals surface area contributed by atoms with Crippen LogP contribution in [0.1, 0.15) is 16.1 Å². The fraction of sp³-hybridized carbons (Fsp3) is 0. The highest BCUT2D eigenvalue weighted by Crippen LogP contribution is 2.20. The Labute approximate surface area is 153 Å². The SMILES string of the molecule is O.O=C(N/N=C/c1ccc(Cl)cc1)c1cc(-c2ccc(Cl)cc2)n[nH]1. The van der Waals surface area contributed by atoms with Crippen LogP contribution in [0.15, 0.2) is 59.7 Å². The van der Waals surface area contributed by atoms with Crippen LogP contribution in [0.2, 0.25) is 10.0 Å². The normalized spacial score (nSPS) is 10.5. The molecule has 3 rings (SSSR count). The first-order valence-corrected chi connectivity index (χ1v) is 7.78. The van der Waals surface area contributed by atoms with Gasteiger partial charge in [-0.05, 0) is 35.9 Å². The van der Waals surface area contributed by atoms with Crippen molar-refractivity contribution < 1.29 is 10.3 Å². The van der Waals surface area contributed by atoms with Crippen LogP contribution in [-0.4, -0.2) is 27.8 Å². The van der Waals surface area contributed by atoms with E-state index in [0.717, 1.165) is 11.1 Å². The standard InChI is InChI=1S/C17H12Cl2N4O.H2O/c18-13-5-1-11(2-6-13)10-20-23-17(24)16-9-15(21-22-16)12-3-7-14(19)8-4-12;/h1-10H,(H,21,22)(H,23,24);1H2/b20-10+;. The number of halogens is 2. The average molecular weight is 377 g/mol. The highest BCUT2D eigenvalue weighted by Gasteiger charge is 2.10. The second kappa shape index (κ2) is 8.43. The van der Waals surface area contributed by atoms with Gasteiger partial charge in [-0.1, -0.05) is 47.5 Å². The molecular weight excluding hydrogens is 363 g/mol. The van der Waals surface area contributed by atoms with Crippen molar-refractivity contribution in [2.45, 2.75) is 0 Å². The molecule has 1 amide bonds. The lowest BCUT2D eigenvalue weighted by Gasteiger charge is -1.96. The van der Waals surface area contributed by atoms with Crippen molar-refractivity contribution in [3.63, 3.8) is 0 Å². The zero-order valence-corrected chi connectivity index (χ0v) is 14.3. The van der Waals surface area contributed by atoms with Gasteiger partial charge in [-0.3, -0.25) is 9.89 Å². The van der Waals surface area contributed by atoms with E-state index < -0.39 is 0 Å². The molecule has 0 atom stereocenters. The molecule has 0 fully saturated rings. The topological polar surface area (TPSA) is 102 Å². The molecule has 3 aromatic rings. The van der Waals surface area contributed by atoms with E-state index in [2.05, 4.69) is 20.7 Å². The summed E-state index contributed by atoms with van der Waals surface area (Å²) in [4.78, 5) is 12.0. The van der Waals surface area contributed by atoms with Crippen LogP contribution in [0.25, 0.3) is 11.3 Å². The molecule has 0 bridgehead atoms. The molecule has 0 saturated carbocycles. The minimum atomic E-state index is -0.382. The minimum Gasteiger partial charge on any atom is -0.412 e. The lowest BCUT2D eigenvalue weighted by atomic mass is 10.1. The molecule has 0 radical (unpaired) electrons. The summed E-state index contributed by atoms with van der Waals surface area (Å²) in [6.45, 7) is 0. The van der Waals surface area contributed by atoms with Gasteiger partial charge in [0, 0.05) is 15.6 Å².